The molecular weight excluding hydrogens is 402 g/mol. The number of carbonyl (C=O) groups excluding carboxylic acids is 3. The average molecular weight is 429 g/mol. The highest BCUT2D eigenvalue weighted by atomic mass is 16.6. The number of hydrogen-bond donors (Lipinski definition) is 3. The molecule has 3 amide bonds. The van der Waals surface area contributed by atoms with E-state index in [-0.39, 0.29) is 37.3 Å². The maximum atomic E-state index is 12.9. The summed E-state index contributed by atoms with van der Waals surface area (Å²) in [6, 6.07) is 9.22. The minimum atomic E-state index is -1.13. The number of hydrazone groups is 1. The third-order valence-corrected chi connectivity index (χ3v) is 6.69. The molecule has 0 aromatic heterocycles. The summed E-state index contributed by atoms with van der Waals surface area (Å²) in [5.74, 6) is -2.57. The van der Waals surface area contributed by atoms with E-state index in [4.69, 9.17) is 4.74 Å². The molecule has 3 fully saturated rings. The molecule has 1 aromatic rings. The normalized spacial score (nSPS) is 33.8. The van der Waals surface area contributed by atoms with Gasteiger partial charge in [-0.1, -0.05) is 30.3 Å². The molecule has 2 saturated carbocycles. The maximum absolute atomic E-state index is 12.9. The third kappa shape index (κ3) is 3.95. The number of ether oxygens (including phenoxy) is 1. The number of likely N-dealkylation sites (tertiary alicyclic amines) is 1. The quantitative estimate of drug-likeness (QED) is 0.485. The molecule has 3 aliphatic rings. The smallest absolute Gasteiger partial charge is 0.428 e. The van der Waals surface area contributed by atoms with Crippen molar-refractivity contribution in [3.05, 3.63) is 35.9 Å². The van der Waals surface area contributed by atoms with E-state index in [0.717, 1.165) is 5.56 Å². The predicted molar refractivity (Wildman–Crippen MR) is 109 cm³/mol. The van der Waals surface area contributed by atoms with Crippen molar-refractivity contribution < 1.29 is 29.3 Å². The monoisotopic (exact) mass is 429 g/mol. The molecule has 9 heteroatoms. The molecule has 1 saturated heterocycles. The first-order valence-electron chi connectivity index (χ1n) is 10.7. The van der Waals surface area contributed by atoms with Crippen LogP contribution in [-0.4, -0.2) is 57.5 Å². The molecule has 6 atom stereocenters. The standard InChI is InChI=1S/C22H27N3O6/c1-2-25-20(28)14-9-8-13-15(10-16(26)19(27)17(13)18(14)21(25)29)23-24-22(30)31-11-12-6-4-3-5-7-12/h3-7,13-14,16-19,26-27H,2,8-11H2,1H3,(H,24,30)/t13-,14+,16+,17-,18-,19+/m0/s1. The number of hydrogen-bond acceptors (Lipinski definition) is 7. The van der Waals surface area contributed by atoms with Crippen LogP contribution >= 0.6 is 0 Å². The molecule has 0 unspecified atom stereocenters. The number of aliphatic hydroxyl groups excluding tert-OH is 2. The number of benzene rings is 1. The molecule has 1 heterocycles. The number of carbonyl (C=O) groups is 3. The molecule has 3 N–H and O–H groups in total. The lowest BCUT2D eigenvalue weighted by molar-refractivity contribution is -0.141. The molecule has 2 aliphatic carbocycles. The molecule has 0 bridgehead atoms. The number of nitrogens with zero attached hydrogens (tertiary/aromatic N) is 2. The van der Waals surface area contributed by atoms with Gasteiger partial charge in [0.05, 0.1) is 24.0 Å². The minimum absolute atomic E-state index is 0.0817. The van der Waals surface area contributed by atoms with E-state index in [1.807, 2.05) is 30.3 Å². The van der Waals surface area contributed by atoms with E-state index in [1.165, 1.54) is 4.90 Å². The van der Waals surface area contributed by atoms with Gasteiger partial charge in [0.2, 0.25) is 11.8 Å². The highest BCUT2D eigenvalue weighted by Crippen LogP contribution is 2.49. The van der Waals surface area contributed by atoms with Gasteiger partial charge in [-0.2, -0.15) is 5.10 Å². The number of imide groups is 1. The number of nitrogens with one attached hydrogen (secondary N) is 1. The topological polar surface area (TPSA) is 129 Å². The van der Waals surface area contributed by atoms with Crippen LogP contribution in [0.15, 0.2) is 35.4 Å². The van der Waals surface area contributed by atoms with Crippen LogP contribution in [-0.2, 0) is 20.9 Å². The van der Waals surface area contributed by atoms with Crippen LogP contribution in [0.25, 0.3) is 0 Å². The van der Waals surface area contributed by atoms with E-state index >= 15 is 0 Å². The van der Waals surface area contributed by atoms with Gasteiger partial charge in [0.1, 0.15) is 6.61 Å². The molecule has 1 aromatic carbocycles. The van der Waals surface area contributed by atoms with Gasteiger partial charge in [-0.05, 0) is 25.3 Å². The first-order chi connectivity index (χ1) is 14.9. The van der Waals surface area contributed by atoms with Crippen molar-refractivity contribution in [1.29, 1.82) is 0 Å². The fraction of sp³-hybridized carbons (Fsp3) is 0.545. The molecule has 0 spiro atoms. The first-order valence-corrected chi connectivity index (χ1v) is 10.7. The largest absolute Gasteiger partial charge is 0.443 e. The van der Waals surface area contributed by atoms with E-state index in [1.54, 1.807) is 6.92 Å². The summed E-state index contributed by atoms with van der Waals surface area (Å²) in [5, 5.41) is 25.3. The summed E-state index contributed by atoms with van der Waals surface area (Å²) < 4.78 is 5.16. The Labute approximate surface area is 180 Å². The van der Waals surface area contributed by atoms with Crippen LogP contribution in [0.2, 0.25) is 0 Å². The van der Waals surface area contributed by atoms with Gasteiger partial charge in [0.15, 0.2) is 0 Å². The Hall–Kier alpha value is -2.78. The van der Waals surface area contributed by atoms with E-state index in [9.17, 15) is 24.6 Å². The highest BCUT2D eigenvalue weighted by Gasteiger charge is 2.59. The summed E-state index contributed by atoms with van der Waals surface area (Å²) in [6.07, 6.45) is -1.85. The fourth-order valence-corrected chi connectivity index (χ4v) is 5.25. The van der Waals surface area contributed by atoms with Crippen LogP contribution in [0.1, 0.15) is 31.7 Å². The highest BCUT2D eigenvalue weighted by molar-refractivity contribution is 6.06. The minimum Gasteiger partial charge on any atom is -0.443 e. The van der Waals surface area contributed by atoms with Gasteiger partial charge in [-0.3, -0.25) is 14.5 Å². The van der Waals surface area contributed by atoms with Gasteiger partial charge in [-0.25, -0.2) is 10.2 Å². The third-order valence-electron chi connectivity index (χ3n) is 6.69. The SMILES string of the molecule is CCN1C(=O)[C@@H]2[C@H]3[C@H](O)[C@H](O)CC(=NNC(=O)OCc4ccccc4)[C@@H]3CC[C@H]2C1=O. The molecular formula is C22H27N3O6. The van der Waals surface area contributed by atoms with Crippen molar-refractivity contribution in [3.63, 3.8) is 0 Å². The Morgan fingerprint density at radius 3 is 2.58 bits per heavy atom. The van der Waals surface area contributed by atoms with Crippen LogP contribution in [0.5, 0.6) is 0 Å². The van der Waals surface area contributed by atoms with E-state index in [0.29, 0.717) is 18.6 Å². The Bertz CT molecular complexity index is 888. The summed E-state index contributed by atoms with van der Waals surface area (Å²) >= 11 is 0. The Morgan fingerprint density at radius 2 is 1.87 bits per heavy atom. The van der Waals surface area contributed by atoms with Crippen molar-refractivity contribution >= 4 is 23.6 Å². The summed E-state index contributed by atoms with van der Waals surface area (Å²) in [6.45, 7) is 2.13. The van der Waals surface area contributed by atoms with Crippen LogP contribution in [0.4, 0.5) is 4.79 Å². The molecule has 0 radical (unpaired) electrons. The van der Waals surface area contributed by atoms with Gasteiger partial charge < -0.3 is 14.9 Å². The van der Waals surface area contributed by atoms with Crippen LogP contribution in [0, 0.1) is 23.7 Å². The summed E-state index contributed by atoms with van der Waals surface area (Å²) in [7, 11) is 0. The van der Waals surface area contributed by atoms with Gasteiger partial charge >= 0.3 is 6.09 Å². The lowest BCUT2D eigenvalue weighted by Gasteiger charge is -2.45. The molecule has 4 rings (SSSR count). The van der Waals surface area contributed by atoms with Gasteiger partial charge in [-0.15, -0.1) is 0 Å². The zero-order valence-electron chi connectivity index (χ0n) is 17.3. The number of aliphatic hydroxyl groups is 2. The molecule has 1 aliphatic heterocycles. The lowest BCUT2D eigenvalue weighted by Crippen LogP contribution is -2.55. The second-order valence-corrected chi connectivity index (χ2v) is 8.35. The summed E-state index contributed by atoms with van der Waals surface area (Å²) in [5.41, 5.74) is 3.71. The molecule has 31 heavy (non-hydrogen) atoms. The van der Waals surface area contributed by atoms with Crippen molar-refractivity contribution in [2.24, 2.45) is 28.8 Å². The number of fused-ring (bicyclic) bond motifs is 3. The van der Waals surface area contributed by atoms with Crippen LogP contribution in [0.3, 0.4) is 0 Å². The van der Waals surface area contributed by atoms with Crippen molar-refractivity contribution in [3.8, 4) is 0 Å². The average Bonchev–Trinajstić information content (AvgIpc) is 3.03. The van der Waals surface area contributed by atoms with Crippen LogP contribution < -0.4 is 5.43 Å². The van der Waals surface area contributed by atoms with Crippen molar-refractivity contribution in [1.82, 2.24) is 10.3 Å². The van der Waals surface area contributed by atoms with Gasteiger partial charge in [0, 0.05) is 30.5 Å². The Kier molecular flexibility index (Phi) is 6.06. The predicted octanol–water partition coefficient (Wildman–Crippen LogP) is 1.04. The van der Waals surface area contributed by atoms with E-state index in [2.05, 4.69) is 10.5 Å². The number of rotatable bonds is 4. The Morgan fingerprint density at radius 1 is 1.16 bits per heavy atom. The zero-order valence-corrected chi connectivity index (χ0v) is 17.3. The number of amides is 3. The Balaban J connectivity index is 1.48. The zero-order chi connectivity index (χ0) is 22.1. The van der Waals surface area contributed by atoms with Crippen molar-refractivity contribution in [2.75, 3.05) is 6.54 Å². The van der Waals surface area contributed by atoms with Gasteiger partial charge in [0.25, 0.3) is 0 Å². The second-order valence-electron chi connectivity index (χ2n) is 8.35. The van der Waals surface area contributed by atoms with E-state index < -0.39 is 36.1 Å². The van der Waals surface area contributed by atoms with Crippen molar-refractivity contribution in [2.45, 2.75) is 45.0 Å². The second kappa shape index (κ2) is 8.76. The molecule has 9 nitrogen and oxygen atoms in total. The summed E-state index contributed by atoms with van der Waals surface area (Å²) in [4.78, 5) is 38.8. The fourth-order valence-electron chi connectivity index (χ4n) is 5.25. The molecule has 166 valence electrons. The lowest BCUT2D eigenvalue weighted by atomic mass is 9.60. The maximum Gasteiger partial charge on any atom is 0.428 e. The first kappa shape index (κ1) is 21.5.